The van der Waals surface area contributed by atoms with Gasteiger partial charge in [-0.15, -0.1) is 11.3 Å². The third kappa shape index (κ3) is 3.66. The Balaban J connectivity index is 2.17. The predicted molar refractivity (Wildman–Crippen MR) is 84.8 cm³/mol. The number of nitro benzene ring substituents is 1. The summed E-state index contributed by atoms with van der Waals surface area (Å²) < 4.78 is 0. The molecule has 8 heteroatoms. The van der Waals surface area contributed by atoms with Crippen molar-refractivity contribution < 1.29 is 9.72 Å². The van der Waals surface area contributed by atoms with E-state index in [1.54, 1.807) is 17.5 Å². The summed E-state index contributed by atoms with van der Waals surface area (Å²) in [4.78, 5) is 26.5. The van der Waals surface area contributed by atoms with Crippen molar-refractivity contribution in [3.8, 4) is 10.6 Å². The van der Waals surface area contributed by atoms with Gasteiger partial charge in [0.2, 0.25) is 0 Å². The van der Waals surface area contributed by atoms with E-state index in [1.807, 2.05) is 13.8 Å². The summed E-state index contributed by atoms with van der Waals surface area (Å²) in [5.74, 6) is -0.292. The van der Waals surface area contributed by atoms with Gasteiger partial charge >= 0.3 is 0 Å². The zero-order valence-electron chi connectivity index (χ0n) is 12.2. The number of carbonyl (C=O) groups excluding carboxylic acids is 1. The largest absolute Gasteiger partial charge is 0.345 e. The molecule has 0 aliphatic rings. The summed E-state index contributed by atoms with van der Waals surface area (Å²) >= 11 is 1.31. The van der Waals surface area contributed by atoms with Gasteiger partial charge in [0, 0.05) is 35.2 Å². The number of nitrogens with zero attached hydrogens (tertiary/aromatic N) is 2. The molecule has 0 bridgehead atoms. The van der Waals surface area contributed by atoms with Crippen LogP contribution in [0.4, 0.5) is 5.69 Å². The number of aromatic nitrogens is 1. The van der Waals surface area contributed by atoms with Crippen molar-refractivity contribution in [3.63, 3.8) is 0 Å². The quantitative estimate of drug-likeness (QED) is 0.648. The molecule has 0 aliphatic heterocycles. The van der Waals surface area contributed by atoms with Crippen LogP contribution in [0, 0.1) is 10.1 Å². The van der Waals surface area contributed by atoms with Gasteiger partial charge in [0.15, 0.2) is 0 Å². The van der Waals surface area contributed by atoms with E-state index in [-0.39, 0.29) is 11.6 Å². The minimum Gasteiger partial charge on any atom is -0.345 e. The summed E-state index contributed by atoms with van der Waals surface area (Å²) in [5.41, 5.74) is 6.13. The molecule has 116 valence electrons. The average molecular weight is 320 g/mol. The smallest absolute Gasteiger partial charge is 0.271 e. The van der Waals surface area contributed by atoms with Crippen LogP contribution in [0.25, 0.3) is 10.6 Å². The van der Waals surface area contributed by atoms with Crippen LogP contribution in [0.5, 0.6) is 0 Å². The Hall–Kier alpha value is -2.32. The van der Waals surface area contributed by atoms with Gasteiger partial charge in [-0.3, -0.25) is 14.9 Å². The molecule has 2 rings (SSSR count). The van der Waals surface area contributed by atoms with Crippen LogP contribution >= 0.6 is 11.3 Å². The predicted octanol–water partition coefficient (Wildman–Crippen LogP) is 2.19. The zero-order valence-corrected chi connectivity index (χ0v) is 13.0. The highest BCUT2D eigenvalue weighted by Gasteiger charge is 2.21. The topological polar surface area (TPSA) is 111 Å². The SMILES string of the molecule is CC(C)(CN)NC(=O)c1csc(-c2ccc([N+](=O)[O-])cc2)n1. The van der Waals surface area contributed by atoms with E-state index < -0.39 is 10.5 Å². The highest BCUT2D eigenvalue weighted by molar-refractivity contribution is 7.13. The van der Waals surface area contributed by atoms with Gasteiger partial charge in [-0.25, -0.2) is 4.98 Å². The maximum Gasteiger partial charge on any atom is 0.271 e. The average Bonchev–Trinajstić information content (AvgIpc) is 2.97. The molecule has 1 heterocycles. The molecule has 0 saturated carbocycles. The normalized spacial score (nSPS) is 11.2. The van der Waals surface area contributed by atoms with E-state index in [1.165, 1.54) is 23.5 Å². The van der Waals surface area contributed by atoms with E-state index >= 15 is 0 Å². The van der Waals surface area contributed by atoms with Gasteiger partial charge in [-0.1, -0.05) is 0 Å². The molecule has 0 spiro atoms. The first-order valence-corrected chi connectivity index (χ1v) is 7.43. The van der Waals surface area contributed by atoms with Crippen molar-refractivity contribution in [2.45, 2.75) is 19.4 Å². The lowest BCUT2D eigenvalue weighted by molar-refractivity contribution is -0.384. The Morgan fingerprint density at radius 2 is 2.05 bits per heavy atom. The first-order chi connectivity index (χ1) is 10.3. The Labute approximate surface area is 131 Å². The van der Waals surface area contributed by atoms with E-state index in [2.05, 4.69) is 10.3 Å². The number of rotatable bonds is 5. The van der Waals surface area contributed by atoms with Crippen molar-refractivity contribution in [3.05, 3.63) is 45.5 Å². The van der Waals surface area contributed by atoms with Gasteiger partial charge in [0.1, 0.15) is 10.7 Å². The number of non-ortho nitro benzene ring substituents is 1. The lowest BCUT2D eigenvalue weighted by Gasteiger charge is -2.23. The highest BCUT2D eigenvalue weighted by atomic mass is 32.1. The van der Waals surface area contributed by atoms with Crippen molar-refractivity contribution >= 4 is 22.9 Å². The molecule has 7 nitrogen and oxygen atoms in total. The van der Waals surface area contributed by atoms with Crippen LogP contribution in [-0.2, 0) is 0 Å². The van der Waals surface area contributed by atoms with Crippen LogP contribution < -0.4 is 11.1 Å². The van der Waals surface area contributed by atoms with Gasteiger partial charge < -0.3 is 11.1 Å². The van der Waals surface area contributed by atoms with Crippen molar-refractivity contribution in [2.75, 3.05) is 6.54 Å². The Morgan fingerprint density at radius 1 is 1.41 bits per heavy atom. The second-order valence-corrected chi connectivity index (χ2v) is 6.24. The lowest BCUT2D eigenvalue weighted by atomic mass is 10.1. The van der Waals surface area contributed by atoms with Crippen molar-refractivity contribution in [1.82, 2.24) is 10.3 Å². The fourth-order valence-electron chi connectivity index (χ4n) is 1.66. The number of hydrogen-bond donors (Lipinski definition) is 2. The first kappa shape index (κ1) is 16.1. The second kappa shape index (κ2) is 6.20. The Kier molecular flexibility index (Phi) is 4.53. The van der Waals surface area contributed by atoms with Gasteiger partial charge in [-0.05, 0) is 26.0 Å². The minimum absolute atomic E-state index is 0.0166. The van der Waals surface area contributed by atoms with Crippen LogP contribution in [0.15, 0.2) is 29.6 Å². The molecule has 0 aliphatic carbocycles. The molecule has 0 saturated heterocycles. The van der Waals surface area contributed by atoms with E-state index in [9.17, 15) is 14.9 Å². The monoisotopic (exact) mass is 320 g/mol. The third-order valence-electron chi connectivity index (χ3n) is 3.02. The minimum atomic E-state index is -0.506. The molecule has 3 N–H and O–H groups in total. The Bertz CT molecular complexity index is 694. The number of hydrogen-bond acceptors (Lipinski definition) is 6. The number of carbonyl (C=O) groups is 1. The lowest BCUT2D eigenvalue weighted by Crippen LogP contribution is -2.48. The molecule has 22 heavy (non-hydrogen) atoms. The molecule has 0 radical (unpaired) electrons. The van der Waals surface area contributed by atoms with Gasteiger partial charge in [-0.2, -0.15) is 0 Å². The fraction of sp³-hybridized carbons (Fsp3) is 0.286. The summed E-state index contributed by atoms with van der Waals surface area (Å²) in [7, 11) is 0. The molecule has 0 unspecified atom stereocenters. The number of thiazole rings is 1. The number of benzene rings is 1. The Morgan fingerprint density at radius 3 is 2.59 bits per heavy atom. The zero-order chi connectivity index (χ0) is 16.3. The summed E-state index contributed by atoms with van der Waals surface area (Å²) in [6, 6.07) is 6.05. The molecule has 1 amide bonds. The summed E-state index contributed by atoms with van der Waals surface area (Å²) in [6.45, 7) is 3.97. The number of amides is 1. The molecule has 0 atom stereocenters. The number of nitrogens with one attached hydrogen (secondary N) is 1. The standard InChI is InChI=1S/C14H16N4O3S/c1-14(2,8-15)17-12(19)11-7-22-13(16-11)9-3-5-10(6-4-9)18(20)21/h3-7H,8,15H2,1-2H3,(H,17,19). The van der Waals surface area contributed by atoms with Crippen LogP contribution in [0.3, 0.4) is 0 Å². The van der Waals surface area contributed by atoms with Crippen LogP contribution in [-0.4, -0.2) is 27.9 Å². The maximum absolute atomic E-state index is 12.1. The summed E-state index contributed by atoms with van der Waals surface area (Å²) in [6.07, 6.45) is 0. The van der Waals surface area contributed by atoms with E-state index in [4.69, 9.17) is 5.73 Å². The third-order valence-corrected chi connectivity index (χ3v) is 3.92. The van der Waals surface area contributed by atoms with Gasteiger partial charge in [0.05, 0.1) is 4.92 Å². The van der Waals surface area contributed by atoms with Crippen LogP contribution in [0.1, 0.15) is 24.3 Å². The highest BCUT2D eigenvalue weighted by Crippen LogP contribution is 2.25. The fourth-order valence-corrected chi connectivity index (χ4v) is 2.46. The molecular formula is C14H16N4O3S. The van der Waals surface area contributed by atoms with Crippen molar-refractivity contribution in [1.29, 1.82) is 0 Å². The molecule has 0 fully saturated rings. The molecule has 1 aromatic carbocycles. The number of nitro groups is 1. The van der Waals surface area contributed by atoms with E-state index in [0.717, 1.165) is 5.56 Å². The number of nitrogens with two attached hydrogens (primary N) is 1. The van der Waals surface area contributed by atoms with Crippen molar-refractivity contribution in [2.24, 2.45) is 5.73 Å². The first-order valence-electron chi connectivity index (χ1n) is 6.55. The van der Waals surface area contributed by atoms with Crippen LogP contribution in [0.2, 0.25) is 0 Å². The maximum atomic E-state index is 12.1. The summed E-state index contributed by atoms with van der Waals surface area (Å²) in [5, 5.41) is 15.7. The van der Waals surface area contributed by atoms with Gasteiger partial charge in [0.25, 0.3) is 11.6 Å². The van der Waals surface area contributed by atoms with E-state index in [0.29, 0.717) is 17.2 Å². The molecular weight excluding hydrogens is 304 g/mol. The molecule has 2 aromatic rings. The second-order valence-electron chi connectivity index (χ2n) is 5.38. The molecule has 1 aromatic heterocycles.